The van der Waals surface area contributed by atoms with Gasteiger partial charge in [-0.3, -0.25) is 0 Å². The topological polar surface area (TPSA) is 42.9 Å². The number of rotatable bonds is 6. The molecule has 0 radical (unpaired) electrons. The van der Waals surface area contributed by atoms with Crippen LogP contribution in [0.3, 0.4) is 0 Å². The van der Waals surface area contributed by atoms with Gasteiger partial charge < -0.3 is 4.57 Å². The van der Waals surface area contributed by atoms with Crippen LogP contribution in [0.4, 0.5) is 0 Å². The van der Waals surface area contributed by atoms with Gasteiger partial charge >= 0.3 is 0 Å². The van der Waals surface area contributed by atoms with E-state index in [1.807, 2.05) is 78.9 Å². The van der Waals surface area contributed by atoms with E-state index >= 15 is 4.57 Å². The van der Waals surface area contributed by atoms with Gasteiger partial charge in [0.2, 0.25) is 0 Å². The van der Waals surface area contributed by atoms with Crippen molar-refractivity contribution in [1.82, 2.24) is 9.97 Å². The second-order valence-corrected chi connectivity index (χ2v) is 17.6. The highest BCUT2D eigenvalue weighted by Gasteiger charge is 2.30. The van der Waals surface area contributed by atoms with Gasteiger partial charge in [-0.15, -0.1) is 0 Å². The van der Waals surface area contributed by atoms with Crippen molar-refractivity contribution in [2.24, 2.45) is 0 Å². The first-order chi connectivity index (χ1) is 28.6. The maximum Gasteiger partial charge on any atom is 0.171 e. The van der Waals surface area contributed by atoms with Crippen molar-refractivity contribution < 1.29 is 4.57 Å². The average molecular weight is 759 g/mol. The first kappa shape index (κ1) is 34.1. The molecule has 0 unspecified atom stereocenters. The Kier molecular flexibility index (Phi) is 8.10. The van der Waals surface area contributed by atoms with Crippen molar-refractivity contribution in [3.63, 3.8) is 0 Å². The Balaban J connectivity index is 1.15. The van der Waals surface area contributed by atoms with E-state index in [-0.39, 0.29) is 0 Å². The molecule has 4 heteroatoms. The summed E-state index contributed by atoms with van der Waals surface area (Å²) in [6.07, 6.45) is 0. The highest BCUT2D eigenvalue weighted by Crippen LogP contribution is 2.47. The van der Waals surface area contributed by atoms with E-state index in [1.165, 1.54) is 0 Å². The second-order valence-electron chi connectivity index (χ2n) is 14.8. The molecule has 0 aliphatic carbocycles. The highest BCUT2D eigenvalue weighted by atomic mass is 31.2. The van der Waals surface area contributed by atoms with Crippen LogP contribution in [0.5, 0.6) is 0 Å². The summed E-state index contributed by atoms with van der Waals surface area (Å²) in [5, 5.41) is 10.1. The summed E-state index contributed by atoms with van der Waals surface area (Å²) >= 11 is 0. The molecule has 0 atom stereocenters. The first-order valence-corrected chi connectivity index (χ1v) is 21.3. The van der Waals surface area contributed by atoms with Gasteiger partial charge in [-0.25, -0.2) is 9.97 Å². The molecule has 9 aromatic carbocycles. The SMILES string of the molecule is O=P(c1ccccc1)(c1ccccc1)c1cccc(-c2c3ccccc3c(-c3ccc4c(c3)nc(-c3ccccc3)c3cc5ccccc5nc34)c3ccccc23)c1. The first-order valence-electron chi connectivity index (χ1n) is 19.6. The predicted octanol–water partition coefficient (Wildman–Crippen LogP) is 12.9. The average Bonchev–Trinajstić information content (AvgIpc) is 3.30. The molecule has 2 aromatic heterocycles. The van der Waals surface area contributed by atoms with Crippen molar-refractivity contribution in [1.29, 1.82) is 0 Å². The Hall–Kier alpha value is -7.19. The monoisotopic (exact) mass is 758 g/mol. The van der Waals surface area contributed by atoms with Gasteiger partial charge in [0, 0.05) is 37.6 Å². The quantitative estimate of drug-likeness (QED) is 0.0963. The third-order valence-electron chi connectivity index (χ3n) is 11.5. The number of aromatic nitrogens is 2. The molecule has 0 saturated carbocycles. The van der Waals surface area contributed by atoms with E-state index in [0.717, 1.165) is 104 Å². The molecule has 0 spiro atoms. The summed E-state index contributed by atoms with van der Waals surface area (Å²) in [7, 11) is -3.20. The third-order valence-corrected chi connectivity index (χ3v) is 14.5. The second kappa shape index (κ2) is 13.8. The van der Waals surface area contributed by atoms with Crippen LogP contribution in [0.2, 0.25) is 0 Å². The summed E-state index contributed by atoms with van der Waals surface area (Å²) in [5.74, 6) is 0. The van der Waals surface area contributed by atoms with Crippen molar-refractivity contribution in [2.75, 3.05) is 0 Å². The maximum absolute atomic E-state index is 15.5. The number of benzene rings is 9. The van der Waals surface area contributed by atoms with Crippen LogP contribution < -0.4 is 15.9 Å². The molecule has 0 N–H and O–H groups in total. The van der Waals surface area contributed by atoms with Crippen molar-refractivity contribution in [3.05, 3.63) is 212 Å². The fraction of sp³-hybridized carbons (Fsp3) is 0. The van der Waals surface area contributed by atoms with E-state index in [9.17, 15) is 0 Å². The van der Waals surface area contributed by atoms with Gasteiger partial charge in [-0.1, -0.05) is 182 Å². The zero-order chi connectivity index (χ0) is 38.6. The highest BCUT2D eigenvalue weighted by molar-refractivity contribution is 7.85. The fourth-order valence-corrected chi connectivity index (χ4v) is 11.5. The lowest BCUT2D eigenvalue weighted by molar-refractivity contribution is 0.592. The number of hydrogen-bond donors (Lipinski definition) is 0. The summed E-state index contributed by atoms with van der Waals surface area (Å²) in [5.41, 5.74) is 9.18. The molecular formula is C54H35N2OP. The maximum atomic E-state index is 15.5. The molecule has 58 heavy (non-hydrogen) atoms. The Morgan fingerprint density at radius 3 is 1.45 bits per heavy atom. The molecule has 0 fully saturated rings. The number of hydrogen-bond acceptors (Lipinski definition) is 3. The number of nitrogens with zero attached hydrogens (tertiary/aromatic N) is 2. The largest absolute Gasteiger partial charge is 0.309 e. The number of pyridine rings is 2. The summed E-state index contributed by atoms with van der Waals surface area (Å²) in [6.45, 7) is 0. The zero-order valence-electron chi connectivity index (χ0n) is 31.5. The minimum atomic E-state index is -3.20. The van der Waals surface area contributed by atoms with Crippen LogP contribution in [-0.4, -0.2) is 9.97 Å². The van der Waals surface area contributed by atoms with Crippen molar-refractivity contribution in [3.8, 4) is 33.5 Å². The minimum Gasteiger partial charge on any atom is -0.309 e. The summed E-state index contributed by atoms with van der Waals surface area (Å²) < 4.78 is 15.5. The molecule has 11 aromatic rings. The zero-order valence-corrected chi connectivity index (χ0v) is 32.4. The smallest absolute Gasteiger partial charge is 0.171 e. The van der Waals surface area contributed by atoms with Gasteiger partial charge in [0.05, 0.1) is 22.2 Å². The molecule has 11 rings (SSSR count). The predicted molar refractivity (Wildman–Crippen MR) is 245 cm³/mol. The molecule has 0 aliphatic rings. The molecule has 2 heterocycles. The van der Waals surface area contributed by atoms with E-state index in [4.69, 9.17) is 9.97 Å². The summed E-state index contributed by atoms with van der Waals surface area (Å²) in [4.78, 5) is 10.7. The molecular weight excluding hydrogens is 724 g/mol. The van der Waals surface area contributed by atoms with Gasteiger partial charge in [0.1, 0.15) is 0 Å². The van der Waals surface area contributed by atoms with Gasteiger partial charge in [-0.05, 0) is 74.1 Å². The van der Waals surface area contributed by atoms with Crippen LogP contribution in [0.15, 0.2) is 212 Å². The Labute approximate surface area is 336 Å². The molecule has 0 aliphatic heterocycles. The minimum absolute atomic E-state index is 0.808. The molecule has 0 bridgehead atoms. The molecule has 272 valence electrons. The molecule has 0 amide bonds. The lowest BCUT2D eigenvalue weighted by Crippen LogP contribution is -2.25. The Morgan fingerprint density at radius 1 is 0.328 bits per heavy atom. The van der Waals surface area contributed by atoms with Crippen LogP contribution in [-0.2, 0) is 4.57 Å². The Bertz CT molecular complexity index is 3320. The van der Waals surface area contributed by atoms with Crippen LogP contribution in [0, 0.1) is 0 Å². The standard InChI is InChI=1S/C54H35N2OP/c57-58(40-21-6-2-7-22-40,41-23-8-3-9-24-41)42-25-16-20-38(33-42)51-43-26-11-13-28-45(43)52(46-29-14-12-27-44(46)51)39-31-32-47-50(35-39)56-53(36-17-4-1-5-18-36)48-34-37-19-10-15-30-49(37)55-54(47)48/h1-35H. The lowest BCUT2D eigenvalue weighted by atomic mass is 9.86. The molecule has 0 saturated heterocycles. The van der Waals surface area contributed by atoms with Gasteiger partial charge in [-0.2, -0.15) is 0 Å². The van der Waals surface area contributed by atoms with Gasteiger partial charge in [0.25, 0.3) is 0 Å². The van der Waals surface area contributed by atoms with E-state index < -0.39 is 7.14 Å². The molecule has 3 nitrogen and oxygen atoms in total. The van der Waals surface area contributed by atoms with E-state index in [2.05, 4.69) is 133 Å². The fourth-order valence-electron chi connectivity index (χ4n) is 8.81. The van der Waals surface area contributed by atoms with E-state index in [0.29, 0.717) is 0 Å². The van der Waals surface area contributed by atoms with Crippen LogP contribution >= 0.6 is 7.14 Å². The third kappa shape index (κ3) is 5.47. The van der Waals surface area contributed by atoms with E-state index in [1.54, 1.807) is 0 Å². The van der Waals surface area contributed by atoms with Gasteiger partial charge in [0.15, 0.2) is 7.14 Å². The van der Waals surface area contributed by atoms with Crippen molar-refractivity contribution in [2.45, 2.75) is 0 Å². The summed E-state index contributed by atoms with van der Waals surface area (Å²) in [6, 6.07) is 73.2. The van der Waals surface area contributed by atoms with Crippen LogP contribution in [0.25, 0.3) is 87.8 Å². The lowest BCUT2D eigenvalue weighted by Gasteiger charge is -2.22. The normalized spacial score (nSPS) is 11.9. The Morgan fingerprint density at radius 2 is 0.828 bits per heavy atom. The number of fused-ring (bicyclic) bond motifs is 6. The number of para-hydroxylation sites is 1. The van der Waals surface area contributed by atoms with Crippen LogP contribution in [0.1, 0.15) is 0 Å². The van der Waals surface area contributed by atoms with Crippen molar-refractivity contribution >= 4 is 77.3 Å².